The van der Waals surface area contributed by atoms with Crippen LogP contribution in [0.4, 0.5) is 17.6 Å². The van der Waals surface area contributed by atoms with Crippen LogP contribution in [0.2, 0.25) is 0 Å². The summed E-state index contributed by atoms with van der Waals surface area (Å²) in [6, 6.07) is 0.103. The zero-order chi connectivity index (χ0) is 12.0. The molecule has 0 aliphatic heterocycles. The lowest BCUT2D eigenvalue weighted by Crippen LogP contribution is -2.05. The van der Waals surface area contributed by atoms with Gasteiger partial charge in [-0.3, -0.25) is 4.79 Å². The number of hydrogen-bond donors (Lipinski definition) is 1. The van der Waals surface area contributed by atoms with Gasteiger partial charge in [0.25, 0.3) is 0 Å². The summed E-state index contributed by atoms with van der Waals surface area (Å²) in [5.74, 6) is -9.21. The molecule has 1 aliphatic carbocycles. The Balaban J connectivity index is 2.46. The van der Waals surface area contributed by atoms with E-state index in [-0.39, 0.29) is 12.5 Å². The summed E-state index contributed by atoms with van der Waals surface area (Å²) in [5, 5.41) is 8.57. The molecule has 1 aromatic carbocycles. The van der Waals surface area contributed by atoms with Crippen LogP contribution in [0.3, 0.4) is 0 Å². The van der Waals surface area contributed by atoms with Crippen molar-refractivity contribution in [2.45, 2.75) is 12.3 Å². The number of halogens is 4. The molecule has 0 amide bonds. The van der Waals surface area contributed by atoms with Gasteiger partial charge in [-0.05, 0) is 6.42 Å². The average molecular weight is 234 g/mol. The second-order valence-corrected chi connectivity index (χ2v) is 3.67. The van der Waals surface area contributed by atoms with Gasteiger partial charge < -0.3 is 5.11 Å². The van der Waals surface area contributed by atoms with Crippen LogP contribution in [0.5, 0.6) is 0 Å². The van der Waals surface area contributed by atoms with E-state index in [9.17, 15) is 22.4 Å². The minimum atomic E-state index is -1.51. The molecule has 0 spiro atoms. The standard InChI is InChI=1S/C10H6F4O2/c11-5-2-6(12)9(14)7(8(5)13)3-1-4(3)10(15)16/h2-4H,1H2,(H,15,16)/t3-,4-/m1/s1. The highest BCUT2D eigenvalue weighted by molar-refractivity contribution is 5.75. The molecule has 1 saturated carbocycles. The lowest BCUT2D eigenvalue weighted by atomic mass is 10.1. The molecule has 1 fully saturated rings. The van der Waals surface area contributed by atoms with Crippen LogP contribution >= 0.6 is 0 Å². The number of hydrogen-bond acceptors (Lipinski definition) is 1. The summed E-state index contributed by atoms with van der Waals surface area (Å²) in [6.07, 6.45) is -0.00787. The van der Waals surface area contributed by atoms with Gasteiger partial charge in [-0.15, -0.1) is 0 Å². The normalized spacial score (nSPS) is 23.2. The van der Waals surface area contributed by atoms with E-state index in [1.165, 1.54) is 0 Å². The van der Waals surface area contributed by atoms with Gasteiger partial charge in [-0.1, -0.05) is 0 Å². The van der Waals surface area contributed by atoms with Crippen molar-refractivity contribution in [3.63, 3.8) is 0 Å². The van der Waals surface area contributed by atoms with Gasteiger partial charge in [0, 0.05) is 17.5 Å². The third-order valence-corrected chi connectivity index (χ3v) is 2.62. The van der Waals surface area contributed by atoms with E-state index < -0.39 is 46.6 Å². The van der Waals surface area contributed by atoms with E-state index in [1.807, 2.05) is 0 Å². The molecule has 0 unspecified atom stereocenters. The second-order valence-electron chi connectivity index (χ2n) is 3.67. The van der Waals surface area contributed by atoms with Crippen molar-refractivity contribution in [3.05, 3.63) is 34.9 Å². The van der Waals surface area contributed by atoms with Crippen LogP contribution < -0.4 is 0 Å². The maximum absolute atomic E-state index is 13.2. The predicted octanol–water partition coefficient (Wildman–Crippen LogP) is 2.43. The number of benzene rings is 1. The fraction of sp³-hybridized carbons (Fsp3) is 0.300. The molecule has 1 aromatic rings. The maximum atomic E-state index is 13.2. The minimum Gasteiger partial charge on any atom is -0.481 e. The van der Waals surface area contributed by atoms with Crippen molar-refractivity contribution >= 4 is 5.97 Å². The molecule has 0 radical (unpaired) electrons. The predicted molar refractivity (Wildman–Crippen MR) is 44.8 cm³/mol. The molecule has 6 heteroatoms. The quantitative estimate of drug-likeness (QED) is 0.630. The highest BCUT2D eigenvalue weighted by Gasteiger charge is 2.48. The maximum Gasteiger partial charge on any atom is 0.307 e. The number of carbonyl (C=O) groups is 1. The van der Waals surface area contributed by atoms with Gasteiger partial charge >= 0.3 is 5.97 Å². The summed E-state index contributed by atoms with van der Waals surface area (Å²) < 4.78 is 52.0. The van der Waals surface area contributed by atoms with Gasteiger partial charge in [0.2, 0.25) is 0 Å². The molecule has 86 valence electrons. The number of carboxylic acid groups (broad SMARTS) is 1. The summed E-state index contributed by atoms with van der Waals surface area (Å²) >= 11 is 0. The van der Waals surface area contributed by atoms with Gasteiger partial charge in [0.05, 0.1) is 5.92 Å². The van der Waals surface area contributed by atoms with E-state index in [0.717, 1.165) is 0 Å². The van der Waals surface area contributed by atoms with Gasteiger partial charge in [0.15, 0.2) is 23.3 Å². The Morgan fingerprint density at radius 1 is 1.19 bits per heavy atom. The highest BCUT2D eigenvalue weighted by Crippen LogP contribution is 2.49. The fourth-order valence-corrected chi connectivity index (χ4v) is 1.70. The van der Waals surface area contributed by atoms with Crippen molar-refractivity contribution < 1.29 is 27.5 Å². The number of carboxylic acids is 1. The van der Waals surface area contributed by atoms with Crippen LogP contribution in [0.25, 0.3) is 0 Å². The van der Waals surface area contributed by atoms with Crippen molar-refractivity contribution in [3.8, 4) is 0 Å². The van der Waals surface area contributed by atoms with Gasteiger partial charge in [0.1, 0.15) is 0 Å². The molecule has 1 aliphatic rings. The van der Waals surface area contributed by atoms with E-state index >= 15 is 0 Å². The van der Waals surface area contributed by atoms with Crippen molar-refractivity contribution in [1.82, 2.24) is 0 Å². The molecule has 0 bridgehead atoms. The molecular formula is C10H6F4O2. The third-order valence-electron chi connectivity index (χ3n) is 2.62. The first-order valence-electron chi connectivity index (χ1n) is 4.49. The zero-order valence-corrected chi connectivity index (χ0v) is 7.81. The summed E-state index contributed by atoms with van der Waals surface area (Å²) in [4.78, 5) is 10.5. The fourth-order valence-electron chi connectivity index (χ4n) is 1.70. The molecule has 2 atom stereocenters. The molecule has 0 heterocycles. The lowest BCUT2D eigenvalue weighted by Gasteiger charge is -2.05. The number of rotatable bonds is 2. The molecule has 2 nitrogen and oxygen atoms in total. The zero-order valence-electron chi connectivity index (χ0n) is 7.81. The van der Waals surface area contributed by atoms with Crippen molar-refractivity contribution in [2.75, 3.05) is 0 Å². The van der Waals surface area contributed by atoms with E-state index in [1.54, 1.807) is 0 Å². The third kappa shape index (κ3) is 1.54. The van der Waals surface area contributed by atoms with E-state index in [0.29, 0.717) is 0 Å². The highest BCUT2D eigenvalue weighted by atomic mass is 19.2. The Bertz CT molecular complexity index is 446. The smallest absolute Gasteiger partial charge is 0.307 e. The van der Waals surface area contributed by atoms with Crippen LogP contribution in [0.15, 0.2) is 6.07 Å². The molecular weight excluding hydrogens is 228 g/mol. The topological polar surface area (TPSA) is 37.3 Å². The summed E-state index contributed by atoms with van der Waals surface area (Å²) in [5.41, 5.74) is -0.801. The Morgan fingerprint density at radius 3 is 2.06 bits per heavy atom. The molecule has 0 saturated heterocycles. The van der Waals surface area contributed by atoms with Crippen LogP contribution in [-0.2, 0) is 4.79 Å². The van der Waals surface area contributed by atoms with E-state index in [2.05, 4.69) is 0 Å². The summed E-state index contributed by atoms with van der Waals surface area (Å²) in [7, 11) is 0. The summed E-state index contributed by atoms with van der Waals surface area (Å²) in [6.45, 7) is 0. The van der Waals surface area contributed by atoms with Crippen LogP contribution in [0, 0.1) is 29.2 Å². The van der Waals surface area contributed by atoms with Crippen LogP contribution in [0.1, 0.15) is 17.9 Å². The first-order chi connectivity index (χ1) is 7.43. The lowest BCUT2D eigenvalue weighted by molar-refractivity contribution is -0.138. The SMILES string of the molecule is O=C(O)[C@@H]1C[C@H]1c1c(F)c(F)cc(F)c1F. The first-order valence-corrected chi connectivity index (χ1v) is 4.49. The largest absolute Gasteiger partial charge is 0.481 e. The first kappa shape index (κ1) is 10.9. The van der Waals surface area contributed by atoms with E-state index in [4.69, 9.17) is 5.11 Å². The van der Waals surface area contributed by atoms with Crippen molar-refractivity contribution in [1.29, 1.82) is 0 Å². The van der Waals surface area contributed by atoms with Crippen LogP contribution in [-0.4, -0.2) is 11.1 Å². The monoisotopic (exact) mass is 234 g/mol. The Morgan fingerprint density at radius 2 is 1.69 bits per heavy atom. The Labute approximate surface area is 87.5 Å². The molecule has 1 N–H and O–H groups in total. The minimum absolute atomic E-state index is 0.00787. The van der Waals surface area contributed by atoms with Gasteiger partial charge in [-0.2, -0.15) is 0 Å². The Kier molecular flexibility index (Phi) is 2.36. The average Bonchev–Trinajstić information content (AvgIpc) is 2.95. The second kappa shape index (κ2) is 3.47. The molecule has 0 aromatic heterocycles. The number of aliphatic carboxylic acids is 1. The van der Waals surface area contributed by atoms with Crippen molar-refractivity contribution in [2.24, 2.45) is 5.92 Å². The Hall–Kier alpha value is -1.59. The molecule has 16 heavy (non-hydrogen) atoms. The molecule has 2 rings (SSSR count). The van der Waals surface area contributed by atoms with Gasteiger partial charge in [-0.25, -0.2) is 17.6 Å².